The SMILES string of the molecule is Cc1cccc(-c2cnc(CNC3CC3)o2)c1. The van der Waals surface area contributed by atoms with E-state index in [0.29, 0.717) is 6.04 Å². The second kappa shape index (κ2) is 4.34. The minimum Gasteiger partial charge on any atom is -0.439 e. The highest BCUT2D eigenvalue weighted by molar-refractivity contribution is 5.57. The van der Waals surface area contributed by atoms with Crippen LogP contribution in [0, 0.1) is 6.92 Å². The smallest absolute Gasteiger partial charge is 0.208 e. The molecular weight excluding hydrogens is 212 g/mol. The van der Waals surface area contributed by atoms with Gasteiger partial charge in [-0.1, -0.05) is 23.8 Å². The Morgan fingerprint density at radius 3 is 3.06 bits per heavy atom. The monoisotopic (exact) mass is 228 g/mol. The summed E-state index contributed by atoms with van der Waals surface area (Å²) in [6, 6.07) is 8.96. The Labute approximate surface area is 101 Å². The van der Waals surface area contributed by atoms with Crippen molar-refractivity contribution >= 4 is 0 Å². The summed E-state index contributed by atoms with van der Waals surface area (Å²) in [4.78, 5) is 4.29. The van der Waals surface area contributed by atoms with E-state index in [4.69, 9.17) is 4.42 Å². The molecule has 2 aromatic rings. The molecular formula is C14H16N2O. The molecule has 1 saturated carbocycles. The van der Waals surface area contributed by atoms with Crippen LogP contribution in [-0.4, -0.2) is 11.0 Å². The van der Waals surface area contributed by atoms with Gasteiger partial charge < -0.3 is 9.73 Å². The lowest BCUT2D eigenvalue weighted by Gasteiger charge is -1.99. The average molecular weight is 228 g/mol. The molecule has 1 N–H and O–H groups in total. The topological polar surface area (TPSA) is 38.1 Å². The van der Waals surface area contributed by atoms with E-state index in [2.05, 4.69) is 29.4 Å². The summed E-state index contributed by atoms with van der Waals surface area (Å²) in [5.41, 5.74) is 2.33. The summed E-state index contributed by atoms with van der Waals surface area (Å²) in [7, 11) is 0. The van der Waals surface area contributed by atoms with Crippen LogP contribution >= 0.6 is 0 Å². The summed E-state index contributed by atoms with van der Waals surface area (Å²) in [5.74, 6) is 1.62. The zero-order chi connectivity index (χ0) is 11.7. The van der Waals surface area contributed by atoms with Crippen molar-refractivity contribution in [3.63, 3.8) is 0 Å². The van der Waals surface area contributed by atoms with Crippen LogP contribution in [-0.2, 0) is 6.54 Å². The third-order valence-corrected chi connectivity index (χ3v) is 2.98. The van der Waals surface area contributed by atoms with Gasteiger partial charge in [-0.25, -0.2) is 4.98 Å². The molecule has 3 heteroatoms. The van der Waals surface area contributed by atoms with E-state index >= 15 is 0 Å². The standard InChI is InChI=1S/C14H16N2O/c1-10-3-2-4-11(7-10)13-8-16-14(17-13)9-15-12-5-6-12/h2-4,7-8,12,15H,5-6,9H2,1H3. The number of aromatic nitrogens is 1. The molecule has 3 rings (SSSR count). The van der Waals surface area contributed by atoms with E-state index in [9.17, 15) is 0 Å². The molecule has 1 aromatic carbocycles. The van der Waals surface area contributed by atoms with E-state index in [0.717, 1.165) is 23.8 Å². The van der Waals surface area contributed by atoms with Crippen molar-refractivity contribution in [3.05, 3.63) is 41.9 Å². The van der Waals surface area contributed by atoms with Crippen molar-refractivity contribution in [1.82, 2.24) is 10.3 Å². The number of rotatable bonds is 4. The van der Waals surface area contributed by atoms with Crippen molar-refractivity contribution in [3.8, 4) is 11.3 Å². The number of nitrogens with zero attached hydrogens (tertiary/aromatic N) is 1. The van der Waals surface area contributed by atoms with Gasteiger partial charge in [-0.05, 0) is 25.8 Å². The molecule has 17 heavy (non-hydrogen) atoms. The van der Waals surface area contributed by atoms with Gasteiger partial charge in [0.2, 0.25) is 5.89 Å². The van der Waals surface area contributed by atoms with Crippen molar-refractivity contribution in [1.29, 1.82) is 0 Å². The molecule has 1 aliphatic rings. The summed E-state index contributed by atoms with van der Waals surface area (Å²) in [5, 5.41) is 3.39. The van der Waals surface area contributed by atoms with Crippen LogP contribution in [0.1, 0.15) is 24.3 Å². The molecule has 0 aliphatic heterocycles. The number of nitrogens with one attached hydrogen (secondary N) is 1. The first-order valence-electron chi connectivity index (χ1n) is 6.06. The lowest BCUT2D eigenvalue weighted by molar-refractivity contribution is 0.476. The van der Waals surface area contributed by atoms with E-state index < -0.39 is 0 Å². The number of oxazole rings is 1. The highest BCUT2D eigenvalue weighted by Gasteiger charge is 2.20. The Morgan fingerprint density at radius 2 is 2.29 bits per heavy atom. The fourth-order valence-electron chi connectivity index (χ4n) is 1.84. The van der Waals surface area contributed by atoms with Crippen LogP contribution in [0.4, 0.5) is 0 Å². The van der Waals surface area contributed by atoms with Gasteiger partial charge in [0, 0.05) is 11.6 Å². The quantitative estimate of drug-likeness (QED) is 0.874. The zero-order valence-electron chi connectivity index (χ0n) is 9.94. The minimum atomic E-state index is 0.685. The number of aryl methyl sites for hydroxylation is 1. The van der Waals surface area contributed by atoms with Crippen LogP contribution in [0.15, 0.2) is 34.9 Å². The van der Waals surface area contributed by atoms with Crippen LogP contribution in [0.5, 0.6) is 0 Å². The second-order valence-corrected chi connectivity index (χ2v) is 4.64. The molecule has 3 nitrogen and oxygen atoms in total. The molecule has 1 aromatic heterocycles. The lowest BCUT2D eigenvalue weighted by atomic mass is 10.1. The van der Waals surface area contributed by atoms with Crippen molar-refractivity contribution < 1.29 is 4.42 Å². The van der Waals surface area contributed by atoms with Crippen LogP contribution in [0.3, 0.4) is 0 Å². The van der Waals surface area contributed by atoms with Crippen molar-refractivity contribution in [2.24, 2.45) is 0 Å². The summed E-state index contributed by atoms with van der Waals surface area (Å²) >= 11 is 0. The third-order valence-electron chi connectivity index (χ3n) is 2.98. The molecule has 0 amide bonds. The molecule has 88 valence electrons. The molecule has 1 aliphatic carbocycles. The fourth-order valence-corrected chi connectivity index (χ4v) is 1.84. The van der Waals surface area contributed by atoms with Crippen LogP contribution < -0.4 is 5.32 Å². The first-order valence-corrected chi connectivity index (χ1v) is 6.06. The average Bonchev–Trinajstić information content (AvgIpc) is 3.04. The van der Waals surface area contributed by atoms with Gasteiger partial charge >= 0.3 is 0 Å². The van der Waals surface area contributed by atoms with Crippen molar-refractivity contribution in [2.75, 3.05) is 0 Å². The predicted molar refractivity (Wildman–Crippen MR) is 66.5 cm³/mol. The second-order valence-electron chi connectivity index (χ2n) is 4.64. The summed E-state index contributed by atoms with van der Waals surface area (Å²) in [6.45, 7) is 2.81. The molecule has 0 saturated heterocycles. The van der Waals surface area contributed by atoms with E-state index in [1.807, 2.05) is 12.1 Å². The minimum absolute atomic E-state index is 0.685. The Kier molecular flexibility index (Phi) is 2.69. The molecule has 0 unspecified atom stereocenters. The summed E-state index contributed by atoms with van der Waals surface area (Å²) < 4.78 is 5.73. The van der Waals surface area contributed by atoms with Gasteiger partial charge in [0.25, 0.3) is 0 Å². The molecule has 0 atom stereocenters. The van der Waals surface area contributed by atoms with Crippen molar-refractivity contribution in [2.45, 2.75) is 32.4 Å². The van der Waals surface area contributed by atoms with Gasteiger partial charge in [-0.2, -0.15) is 0 Å². The maximum absolute atomic E-state index is 5.73. The number of hydrogen-bond acceptors (Lipinski definition) is 3. The molecule has 0 bridgehead atoms. The first-order chi connectivity index (χ1) is 8.31. The van der Waals surface area contributed by atoms with Crippen LogP contribution in [0.25, 0.3) is 11.3 Å². The van der Waals surface area contributed by atoms with Gasteiger partial charge in [0.05, 0.1) is 12.7 Å². The highest BCUT2D eigenvalue weighted by Crippen LogP contribution is 2.22. The molecule has 0 spiro atoms. The third kappa shape index (κ3) is 2.56. The van der Waals surface area contributed by atoms with Gasteiger partial charge in [0.15, 0.2) is 5.76 Å². The summed E-state index contributed by atoms with van der Waals surface area (Å²) in [6.07, 6.45) is 4.37. The Balaban J connectivity index is 1.74. The Morgan fingerprint density at radius 1 is 1.41 bits per heavy atom. The zero-order valence-corrected chi connectivity index (χ0v) is 9.94. The Bertz CT molecular complexity index is 514. The Hall–Kier alpha value is -1.61. The predicted octanol–water partition coefficient (Wildman–Crippen LogP) is 2.90. The number of hydrogen-bond donors (Lipinski definition) is 1. The van der Waals surface area contributed by atoms with Gasteiger partial charge in [-0.3, -0.25) is 0 Å². The highest BCUT2D eigenvalue weighted by atomic mass is 16.4. The van der Waals surface area contributed by atoms with Crippen LogP contribution in [0.2, 0.25) is 0 Å². The maximum Gasteiger partial charge on any atom is 0.208 e. The fraction of sp³-hybridized carbons (Fsp3) is 0.357. The largest absolute Gasteiger partial charge is 0.439 e. The normalized spacial score (nSPS) is 15.1. The molecule has 0 radical (unpaired) electrons. The van der Waals surface area contributed by atoms with Gasteiger partial charge in [0.1, 0.15) is 0 Å². The molecule has 1 heterocycles. The van der Waals surface area contributed by atoms with Gasteiger partial charge in [-0.15, -0.1) is 0 Å². The number of benzene rings is 1. The first kappa shape index (κ1) is 10.5. The van der Waals surface area contributed by atoms with E-state index in [-0.39, 0.29) is 0 Å². The molecule has 1 fully saturated rings. The van der Waals surface area contributed by atoms with E-state index in [1.54, 1.807) is 6.20 Å². The van der Waals surface area contributed by atoms with E-state index in [1.165, 1.54) is 18.4 Å². The maximum atomic E-state index is 5.73. The lowest BCUT2D eigenvalue weighted by Crippen LogP contribution is -2.15.